The van der Waals surface area contributed by atoms with Crippen molar-refractivity contribution in [3.8, 4) is 0 Å². The molecule has 1 aliphatic carbocycles. The molecule has 2 N–H and O–H groups in total. The fraction of sp³-hybridized carbons (Fsp3) is 0.423. The van der Waals surface area contributed by atoms with E-state index in [1.54, 1.807) is 4.90 Å². The molecule has 1 fully saturated rings. The molecule has 0 bridgehead atoms. The maximum Gasteiger partial charge on any atom is 0.414 e. The zero-order valence-corrected chi connectivity index (χ0v) is 18.8. The third-order valence-corrected chi connectivity index (χ3v) is 7.03. The number of likely N-dealkylation sites (N-methyl/N-ethyl adjacent to an activating group) is 1. The van der Waals surface area contributed by atoms with E-state index in [1.807, 2.05) is 61.5 Å². The van der Waals surface area contributed by atoms with E-state index in [-0.39, 0.29) is 25.0 Å². The molecule has 7 heteroatoms. The number of amides is 1. The summed E-state index contributed by atoms with van der Waals surface area (Å²) in [5, 5.41) is 13.5. The van der Waals surface area contributed by atoms with Crippen molar-refractivity contribution in [2.24, 2.45) is 5.92 Å². The number of anilines is 1. The molecule has 2 aromatic carbocycles. The van der Waals surface area contributed by atoms with Crippen LogP contribution in [0.25, 0.3) is 0 Å². The van der Waals surface area contributed by atoms with Gasteiger partial charge >= 0.3 is 12.1 Å². The highest BCUT2D eigenvalue weighted by Crippen LogP contribution is 2.53. The molecule has 0 radical (unpaired) electrons. The SMILES string of the molecule is CCNC(CC=O)(C(=O)O)C1c2ccccc2N(C(=O)OCc2ccccc2)C2CCCC21. The van der Waals surface area contributed by atoms with Gasteiger partial charge in [-0.25, -0.2) is 4.79 Å². The van der Waals surface area contributed by atoms with Crippen LogP contribution in [0.15, 0.2) is 54.6 Å². The van der Waals surface area contributed by atoms with Gasteiger partial charge in [-0.3, -0.25) is 9.69 Å². The molecule has 1 aliphatic heterocycles. The van der Waals surface area contributed by atoms with Crippen LogP contribution in [-0.2, 0) is 20.9 Å². The largest absolute Gasteiger partial charge is 0.480 e. The number of carbonyl (C=O) groups is 3. The monoisotopic (exact) mass is 450 g/mol. The Morgan fingerprint density at radius 3 is 2.58 bits per heavy atom. The summed E-state index contributed by atoms with van der Waals surface area (Å²) in [7, 11) is 0. The fourth-order valence-corrected chi connectivity index (χ4v) is 5.76. The van der Waals surface area contributed by atoms with Gasteiger partial charge < -0.3 is 20.0 Å². The van der Waals surface area contributed by atoms with Crippen LogP contribution in [-0.4, -0.2) is 41.6 Å². The number of hydrogen-bond acceptors (Lipinski definition) is 5. The molecule has 4 rings (SSSR count). The van der Waals surface area contributed by atoms with E-state index < -0.39 is 23.5 Å². The minimum absolute atomic E-state index is 0.0979. The number of rotatable bonds is 8. The Bertz CT molecular complexity index is 1010. The first-order valence-electron chi connectivity index (χ1n) is 11.5. The molecular weight excluding hydrogens is 420 g/mol. The lowest BCUT2D eigenvalue weighted by atomic mass is 9.65. The first-order valence-corrected chi connectivity index (χ1v) is 11.5. The standard InChI is InChI=1S/C26H30N2O5/c1-2-27-26(15-16-29,24(30)31)23-19-11-6-7-13-21(19)28(22-14-8-12-20(22)23)25(32)33-17-18-9-4-3-5-10-18/h3-7,9-11,13,16,20,22-23,27H,2,8,12,14-15,17H2,1H3,(H,30,31). The average molecular weight is 451 g/mol. The normalized spacial score (nSPS) is 23.2. The van der Waals surface area contributed by atoms with Crippen molar-refractivity contribution in [2.75, 3.05) is 11.4 Å². The number of carbonyl (C=O) groups excluding carboxylic acids is 2. The molecular formula is C26H30N2O5. The van der Waals surface area contributed by atoms with Crippen molar-refractivity contribution in [3.63, 3.8) is 0 Å². The van der Waals surface area contributed by atoms with Gasteiger partial charge in [-0.2, -0.15) is 0 Å². The Morgan fingerprint density at radius 1 is 1.15 bits per heavy atom. The van der Waals surface area contributed by atoms with Gasteiger partial charge in [-0.1, -0.05) is 61.9 Å². The number of hydrogen-bond donors (Lipinski definition) is 2. The molecule has 7 nitrogen and oxygen atoms in total. The zero-order valence-electron chi connectivity index (χ0n) is 18.8. The van der Waals surface area contributed by atoms with Gasteiger partial charge in [-0.15, -0.1) is 0 Å². The van der Waals surface area contributed by atoms with Crippen LogP contribution in [0.1, 0.15) is 49.7 Å². The molecule has 0 aromatic heterocycles. The number of nitrogens with zero attached hydrogens (tertiary/aromatic N) is 1. The van der Waals surface area contributed by atoms with E-state index in [2.05, 4.69) is 5.32 Å². The topological polar surface area (TPSA) is 95.9 Å². The molecule has 1 saturated carbocycles. The summed E-state index contributed by atoms with van der Waals surface area (Å²) in [5.74, 6) is -1.58. The second-order valence-corrected chi connectivity index (χ2v) is 8.79. The molecule has 2 aromatic rings. The van der Waals surface area contributed by atoms with Gasteiger partial charge in [0.25, 0.3) is 0 Å². The third kappa shape index (κ3) is 4.13. The van der Waals surface area contributed by atoms with Crippen LogP contribution in [0.5, 0.6) is 0 Å². The van der Waals surface area contributed by atoms with Crippen molar-refractivity contribution in [1.29, 1.82) is 0 Å². The molecule has 0 saturated heterocycles. The maximum atomic E-state index is 13.3. The Kier molecular flexibility index (Phi) is 6.79. The number of ether oxygens (including phenoxy) is 1. The van der Waals surface area contributed by atoms with Gasteiger partial charge in [0, 0.05) is 18.4 Å². The van der Waals surface area contributed by atoms with Crippen LogP contribution in [0.4, 0.5) is 10.5 Å². The second-order valence-electron chi connectivity index (χ2n) is 8.79. The number of nitrogens with one attached hydrogen (secondary N) is 1. The average Bonchev–Trinajstić information content (AvgIpc) is 3.30. The van der Waals surface area contributed by atoms with Crippen LogP contribution >= 0.6 is 0 Å². The Hall–Kier alpha value is -3.19. The van der Waals surface area contributed by atoms with Crippen LogP contribution in [0.2, 0.25) is 0 Å². The summed E-state index contributed by atoms with van der Waals surface area (Å²) in [6, 6.07) is 16.8. The van der Waals surface area contributed by atoms with Crippen molar-refractivity contribution >= 4 is 24.0 Å². The van der Waals surface area contributed by atoms with E-state index in [0.29, 0.717) is 18.5 Å². The maximum absolute atomic E-state index is 13.3. The molecule has 1 amide bonds. The van der Waals surface area contributed by atoms with Gasteiger partial charge in [0.2, 0.25) is 0 Å². The van der Waals surface area contributed by atoms with Crippen molar-refractivity contribution < 1.29 is 24.2 Å². The number of fused-ring (bicyclic) bond motifs is 2. The highest BCUT2D eigenvalue weighted by molar-refractivity contribution is 5.92. The van der Waals surface area contributed by atoms with E-state index in [1.165, 1.54) is 0 Å². The van der Waals surface area contributed by atoms with Crippen LogP contribution in [0, 0.1) is 5.92 Å². The van der Waals surface area contributed by atoms with E-state index in [4.69, 9.17) is 4.74 Å². The predicted molar refractivity (Wildman–Crippen MR) is 124 cm³/mol. The smallest absolute Gasteiger partial charge is 0.414 e. The Balaban J connectivity index is 1.75. The summed E-state index contributed by atoms with van der Waals surface area (Å²) in [6.45, 7) is 2.43. The van der Waals surface area contributed by atoms with Crippen LogP contribution in [0.3, 0.4) is 0 Å². The Morgan fingerprint density at radius 2 is 1.88 bits per heavy atom. The highest BCUT2D eigenvalue weighted by Gasteiger charge is 2.56. The fourth-order valence-electron chi connectivity index (χ4n) is 5.76. The second kappa shape index (κ2) is 9.75. The summed E-state index contributed by atoms with van der Waals surface area (Å²) < 4.78 is 5.69. The van der Waals surface area contributed by atoms with E-state index >= 15 is 0 Å². The first-order chi connectivity index (χ1) is 16.0. The molecule has 2 aliphatic rings. The number of para-hydroxylation sites is 1. The minimum atomic E-state index is -1.43. The summed E-state index contributed by atoms with van der Waals surface area (Å²) in [4.78, 5) is 39.3. The van der Waals surface area contributed by atoms with Gasteiger partial charge in [0.05, 0.1) is 5.69 Å². The van der Waals surface area contributed by atoms with Gasteiger partial charge in [0.15, 0.2) is 0 Å². The van der Waals surface area contributed by atoms with E-state index in [0.717, 1.165) is 30.4 Å². The summed E-state index contributed by atoms with van der Waals surface area (Å²) in [6.07, 6.45) is 2.54. The van der Waals surface area contributed by atoms with Gasteiger partial charge in [0.1, 0.15) is 18.4 Å². The van der Waals surface area contributed by atoms with Crippen molar-refractivity contribution in [1.82, 2.24) is 5.32 Å². The van der Waals surface area contributed by atoms with Crippen molar-refractivity contribution in [3.05, 3.63) is 65.7 Å². The molecule has 33 heavy (non-hydrogen) atoms. The molecule has 4 unspecified atom stereocenters. The molecule has 4 atom stereocenters. The molecule has 1 heterocycles. The van der Waals surface area contributed by atoms with Crippen LogP contribution < -0.4 is 10.2 Å². The summed E-state index contributed by atoms with van der Waals surface area (Å²) in [5.41, 5.74) is 0.903. The van der Waals surface area contributed by atoms with E-state index in [9.17, 15) is 19.5 Å². The number of carboxylic acids is 1. The van der Waals surface area contributed by atoms with Gasteiger partial charge in [-0.05, 0) is 42.5 Å². The number of benzene rings is 2. The Labute approximate surface area is 193 Å². The first kappa shape index (κ1) is 23.0. The molecule has 174 valence electrons. The minimum Gasteiger partial charge on any atom is -0.480 e. The van der Waals surface area contributed by atoms with Crippen molar-refractivity contribution in [2.45, 2.75) is 56.7 Å². The highest BCUT2D eigenvalue weighted by atomic mass is 16.6. The number of aldehydes is 1. The summed E-state index contributed by atoms with van der Waals surface area (Å²) >= 11 is 0. The lowest BCUT2D eigenvalue weighted by Crippen LogP contribution is -2.62. The number of aliphatic carboxylic acids is 1. The number of carboxylic acid groups (broad SMARTS) is 1. The lowest BCUT2D eigenvalue weighted by molar-refractivity contribution is -0.148. The quantitative estimate of drug-likeness (QED) is 0.588. The predicted octanol–water partition coefficient (Wildman–Crippen LogP) is 4.12. The lowest BCUT2D eigenvalue weighted by Gasteiger charge is -2.49. The molecule has 0 spiro atoms. The third-order valence-electron chi connectivity index (χ3n) is 7.03. The zero-order chi connectivity index (χ0) is 23.4.